The number of hydrazone groups is 1. The van der Waals surface area contributed by atoms with Crippen LogP contribution in [-0.2, 0) is 13.1 Å². The highest BCUT2D eigenvalue weighted by molar-refractivity contribution is 5.88. The Morgan fingerprint density at radius 3 is 2.84 bits per heavy atom. The molecule has 0 radical (unpaired) electrons. The molecule has 2 N–H and O–H groups in total. The summed E-state index contributed by atoms with van der Waals surface area (Å²) in [6.07, 6.45) is 3.97. The Morgan fingerprint density at radius 1 is 1.19 bits per heavy atom. The van der Waals surface area contributed by atoms with Gasteiger partial charge >= 0.3 is 0 Å². The summed E-state index contributed by atoms with van der Waals surface area (Å²) >= 11 is 0. The lowest BCUT2D eigenvalue weighted by molar-refractivity contribution is 0.399. The molecule has 5 rings (SSSR count). The van der Waals surface area contributed by atoms with Gasteiger partial charge in [-0.15, -0.1) is 0 Å². The number of rotatable bonds is 4. The summed E-state index contributed by atoms with van der Waals surface area (Å²) in [4.78, 5) is 16.6. The number of aromatic nitrogens is 4. The number of aryl methyl sites for hydroxylation is 1. The van der Waals surface area contributed by atoms with Gasteiger partial charge in [-0.1, -0.05) is 24.8 Å². The zero-order chi connectivity index (χ0) is 21.5. The molecular weight excluding hydrogens is 388 g/mol. The van der Waals surface area contributed by atoms with Crippen LogP contribution in [0.25, 0.3) is 16.6 Å². The van der Waals surface area contributed by atoms with Gasteiger partial charge in [0.15, 0.2) is 5.82 Å². The second-order valence-corrected chi connectivity index (χ2v) is 8.23. The van der Waals surface area contributed by atoms with Gasteiger partial charge in [0.05, 0.1) is 23.1 Å². The van der Waals surface area contributed by atoms with Gasteiger partial charge in [0, 0.05) is 36.8 Å². The monoisotopic (exact) mass is 416 g/mol. The van der Waals surface area contributed by atoms with E-state index >= 15 is 0 Å². The summed E-state index contributed by atoms with van der Waals surface area (Å²) < 4.78 is 2.22. The minimum atomic E-state index is 0.189. The number of anilines is 1. The molecule has 3 aromatic rings. The van der Waals surface area contributed by atoms with Gasteiger partial charge in [0.1, 0.15) is 12.2 Å². The Balaban J connectivity index is 1.45. The third-order valence-corrected chi connectivity index (χ3v) is 6.07. The number of hydrogen-bond donors (Lipinski definition) is 1. The predicted molar refractivity (Wildman–Crippen MR) is 124 cm³/mol. The van der Waals surface area contributed by atoms with Crippen molar-refractivity contribution in [3.8, 4) is 0 Å². The number of imidazole rings is 1. The van der Waals surface area contributed by atoms with E-state index in [-0.39, 0.29) is 6.04 Å². The van der Waals surface area contributed by atoms with Crippen LogP contribution >= 0.6 is 0 Å². The van der Waals surface area contributed by atoms with Crippen LogP contribution < -0.4 is 10.6 Å². The maximum atomic E-state index is 6.22. The molecule has 1 fully saturated rings. The molecule has 0 amide bonds. The number of hydrogen-bond acceptors (Lipinski definition) is 7. The van der Waals surface area contributed by atoms with E-state index in [0.29, 0.717) is 6.54 Å². The van der Waals surface area contributed by atoms with Crippen molar-refractivity contribution in [2.45, 2.75) is 45.8 Å². The SMILES string of the molecule is C=C1c2c(nc(N3CCC[C@@H](N)C3)n2CC)C=NN1Cc1nc(C)c2ccccc2n1. The van der Waals surface area contributed by atoms with Crippen LogP contribution in [0.3, 0.4) is 0 Å². The van der Waals surface area contributed by atoms with Crippen molar-refractivity contribution < 1.29 is 0 Å². The smallest absolute Gasteiger partial charge is 0.206 e. The molecule has 0 bridgehead atoms. The normalized spacial score (nSPS) is 18.7. The van der Waals surface area contributed by atoms with E-state index in [1.54, 1.807) is 0 Å². The van der Waals surface area contributed by atoms with E-state index < -0.39 is 0 Å². The average molecular weight is 417 g/mol. The Labute approximate surface area is 182 Å². The van der Waals surface area contributed by atoms with Crippen LogP contribution in [-0.4, -0.2) is 49.9 Å². The Hall–Kier alpha value is -3.26. The first-order valence-corrected chi connectivity index (χ1v) is 10.9. The molecule has 2 aliphatic heterocycles. The maximum absolute atomic E-state index is 6.22. The van der Waals surface area contributed by atoms with Gasteiger partial charge in [-0.2, -0.15) is 5.10 Å². The highest BCUT2D eigenvalue weighted by Gasteiger charge is 2.29. The molecule has 8 heteroatoms. The second kappa shape index (κ2) is 7.77. The van der Waals surface area contributed by atoms with Gasteiger partial charge in [0.25, 0.3) is 0 Å². The summed E-state index contributed by atoms with van der Waals surface area (Å²) in [6, 6.07) is 8.26. The molecule has 8 nitrogen and oxygen atoms in total. The van der Waals surface area contributed by atoms with Gasteiger partial charge in [-0.05, 0) is 32.8 Å². The number of fused-ring (bicyclic) bond motifs is 2. The molecule has 1 aromatic carbocycles. The number of nitrogens with zero attached hydrogens (tertiary/aromatic N) is 7. The van der Waals surface area contributed by atoms with E-state index in [4.69, 9.17) is 20.7 Å². The van der Waals surface area contributed by atoms with Crippen LogP contribution in [0, 0.1) is 6.92 Å². The van der Waals surface area contributed by atoms with Crippen LogP contribution in [0.15, 0.2) is 35.9 Å². The standard InChI is InChI=1S/C23H28N8/c1-4-30-22-16(3)31(14-21-26-15(2)18-9-5-6-10-19(18)27-21)25-12-20(22)28-23(30)29-11-7-8-17(24)13-29/h5-6,9-10,12,17H,3-4,7-8,11,13-14,24H2,1-2H3/t17-/m1/s1. The van der Waals surface area contributed by atoms with Crippen LogP contribution in [0.4, 0.5) is 5.95 Å². The molecule has 2 aromatic heterocycles. The second-order valence-electron chi connectivity index (χ2n) is 8.23. The van der Waals surface area contributed by atoms with Crippen LogP contribution in [0.5, 0.6) is 0 Å². The molecule has 2 aliphatic rings. The summed E-state index contributed by atoms with van der Waals surface area (Å²) in [5.41, 5.74) is 10.8. The Morgan fingerprint density at radius 2 is 2.03 bits per heavy atom. The quantitative estimate of drug-likeness (QED) is 0.704. The van der Waals surface area contributed by atoms with Crippen molar-refractivity contribution in [3.05, 3.63) is 53.8 Å². The van der Waals surface area contributed by atoms with Gasteiger partial charge in [0.2, 0.25) is 5.95 Å². The first-order valence-electron chi connectivity index (χ1n) is 10.9. The Kier molecular flexibility index (Phi) is 4.94. The minimum absolute atomic E-state index is 0.189. The lowest BCUT2D eigenvalue weighted by Gasteiger charge is -2.32. The third-order valence-electron chi connectivity index (χ3n) is 6.07. The maximum Gasteiger partial charge on any atom is 0.206 e. The third kappa shape index (κ3) is 3.46. The number of nitrogens with two attached hydrogens (primary N) is 1. The predicted octanol–water partition coefficient (Wildman–Crippen LogP) is 2.90. The zero-order valence-electron chi connectivity index (χ0n) is 18.1. The Bertz CT molecular complexity index is 1180. The molecule has 0 spiro atoms. The van der Waals surface area contributed by atoms with Gasteiger partial charge < -0.3 is 15.2 Å². The van der Waals surface area contributed by atoms with Crippen molar-refractivity contribution in [1.29, 1.82) is 0 Å². The first-order chi connectivity index (χ1) is 15.0. The summed E-state index contributed by atoms with van der Waals surface area (Å²) in [5, 5.41) is 7.55. The zero-order valence-corrected chi connectivity index (χ0v) is 18.1. The van der Waals surface area contributed by atoms with Gasteiger partial charge in [-0.3, -0.25) is 5.01 Å². The molecule has 0 aliphatic carbocycles. The number of piperidine rings is 1. The van der Waals surface area contributed by atoms with Crippen molar-refractivity contribution in [2.75, 3.05) is 18.0 Å². The average Bonchev–Trinajstić information content (AvgIpc) is 3.15. The first kappa shape index (κ1) is 19.7. The fraction of sp³-hybridized carbons (Fsp3) is 0.391. The molecule has 31 heavy (non-hydrogen) atoms. The van der Waals surface area contributed by atoms with Crippen molar-refractivity contribution in [3.63, 3.8) is 0 Å². The lowest BCUT2D eigenvalue weighted by Crippen LogP contribution is -2.44. The largest absolute Gasteiger partial charge is 0.341 e. The molecule has 0 unspecified atom stereocenters. The van der Waals surface area contributed by atoms with E-state index in [9.17, 15) is 0 Å². The minimum Gasteiger partial charge on any atom is -0.341 e. The molecule has 4 heterocycles. The topological polar surface area (TPSA) is 88.5 Å². The van der Waals surface area contributed by atoms with Crippen LogP contribution in [0.2, 0.25) is 0 Å². The van der Waals surface area contributed by atoms with E-state index in [0.717, 1.165) is 77.9 Å². The number of para-hydroxylation sites is 1. The van der Waals surface area contributed by atoms with Gasteiger partial charge in [-0.25, -0.2) is 15.0 Å². The molecule has 160 valence electrons. The molecular formula is C23H28N8. The summed E-state index contributed by atoms with van der Waals surface area (Å²) in [5.74, 6) is 1.68. The lowest BCUT2D eigenvalue weighted by atomic mass is 10.1. The fourth-order valence-electron chi connectivity index (χ4n) is 4.54. The summed E-state index contributed by atoms with van der Waals surface area (Å²) in [6.45, 7) is 11.6. The molecule has 1 atom stereocenters. The highest BCUT2D eigenvalue weighted by Crippen LogP contribution is 2.31. The molecule has 0 saturated carbocycles. The highest BCUT2D eigenvalue weighted by atomic mass is 15.5. The van der Waals surface area contributed by atoms with Crippen molar-refractivity contribution in [2.24, 2.45) is 10.8 Å². The van der Waals surface area contributed by atoms with Crippen molar-refractivity contribution in [1.82, 2.24) is 24.5 Å². The summed E-state index contributed by atoms with van der Waals surface area (Å²) in [7, 11) is 0. The van der Waals surface area contributed by atoms with E-state index in [1.165, 1.54) is 0 Å². The molecule has 1 saturated heterocycles. The van der Waals surface area contributed by atoms with E-state index in [2.05, 4.69) is 28.1 Å². The van der Waals surface area contributed by atoms with Crippen LogP contribution in [0.1, 0.15) is 42.7 Å². The van der Waals surface area contributed by atoms with Crippen molar-refractivity contribution >= 4 is 28.8 Å². The fourth-order valence-corrected chi connectivity index (χ4v) is 4.54. The van der Waals surface area contributed by atoms with E-state index in [1.807, 2.05) is 42.4 Å². The number of benzene rings is 1.